The summed E-state index contributed by atoms with van der Waals surface area (Å²) in [5, 5.41) is 11.2. The lowest BCUT2D eigenvalue weighted by Gasteiger charge is -2.21. The first-order valence-corrected chi connectivity index (χ1v) is 7.02. The summed E-state index contributed by atoms with van der Waals surface area (Å²) in [6, 6.07) is 2.98. The minimum Gasteiger partial charge on any atom is -0.351 e. The summed E-state index contributed by atoms with van der Waals surface area (Å²) in [6.07, 6.45) is 4.43. The number of anilines is 2. The van der Waals surface area contributed by atoms with E-state index in [1.165, 1.54) is 18.6 Å². The van der Waals surface area contributed by atoms with E-state index < -0.39 is 0 Å². The second kappa shape index (κ2) is 6.51. The van der Waals surface area contributed by atoms with Gasteiger partial charge in [-0.05, 0) is 31.2 Å². The van der Waals surface area contributed by atoms with E-state index in [4.69, 9.17) is 5.84 Å². The molecule has 0 spiro atoms. The van der Waals surface area contributed by atoms with Gasteiger partial charge in [0.25, 0.3) is 0 Å². The van der Waals surface area contributed by atoms with E-state index in [0.29, 0.717) is 17.6 Å². The van der Waals surface area contributed by atoms with E-state index in [1.54, 1.807) is 0 Å². The van der Waals surface area contributed by atoms with Crippen LogP contribution in [0.1, 0.15) is 32.6 Å². The first-order valence-electron chi connectivity index (χ1n) is 7.02. The molecule has 7 heteroatoms. The molecule has 0 aromatic carbocycles. The van der Waals surface area contributed by atoms with Crippen LogP contribution in [0.25, 0.3) is 0 Å². The fraction of sp³-hybridized carbons (Fsp3) is 0.615. The third-order valence-corrected chi connectivity index (χ3v) is 3.92. The average Bonchev–Trinajstić information content (AvgIpc) is 2.71. The van der Waals surface area contributed by atoms with Crippen molar-refractivity contribution in [1.29, 1.82) is 0 Å². The van der Waals surface area contributed by atoms with E-state index in [0.717, 1.165) is 32.4 Å². The normalized spacial score (nSPS) is 19.5. The number of hydrazine groups is 1. The number of nitrogens with two attached hydrogens (primary N) is 1. The Bertz CT molecular complexity index is 480. The monoisotopic (exact) mass is 279 g/mol. The minimum absolute atomic E-state index is 0.0407. The summed E-state index contributed by atoms with van der Waals surface area (Å²) in [5.41, 5.74) is 2.49. The summed E-state index contributed by atoms with van der Waals surface area (Å²) >= 11 is 0. The number of nitro groups is 1. The summed E-state index contributed by atoms with van der Waals surface area (Å²) in [6.45, 7) is 3.80. The third kappa shape index (κ3) is 3.16. The van der Waals surface area contributed by atoms with Crippen LogP contribution in [0.2, 0.25) is 0 Å². The van der Waals surface area contributed by atoms with Crippen molar-refractivity contribution in [1.82, 2.24) is 4.98 Å². The Morgan fingerprint density at radius 1 is 1.50 bits per heavy atom. The molecule has 0 amide bonds. The zero-order chi connectivity index (χ0) is 14.5. The van der Waals surface area contributed by atoms with Crippen LogP contribution < -0.4 is 16.2 Å². The maximum Gasteiger partial charge on any atom is 0.311 e. The number of nitrogens with one attached hydrogen (secondary N) is 1. The molecule has 2 heterocycles. The molecule has 1 aliphatic heterocycles. The number of aromatic nitrogens is 1. The van der Waals surface area contributed by atoms with Gasteiger partial charge in [-0.1, -0.05) is 13.3 Å². The van der Waals surface area contributed by atoms with Crippen LogP contribution in [0.5, 0.6) is 0 Å². The Kier molecular flexibility index (Phi) is 4.73. The lowest BCUT2D eigenvalue weighted by Crippen LogP contribution is -2.26. The van der Waals surface area contributed by atoms with Gasteiger partial charge in [0.2, 0.25) is 5.82 Å². The van der Waals surface area contributed by atoms with Crippen molar-refractivity contribution >= 4 is 17.3 Å². The van der Waals surface area contributed by atoms with Crippen molar-refractivity contribution in [3.8, 4) is 0 Å². The molecule has 20 heavy (non-hydrogen) atoms. The molecule has 0 aliphatic carbocycles. The molecule has 1 aromatic heterocycles. The molecule has 0 saturated carbocycles. The summed E-state index contributed by atoms with van der Waals surface area (Å²) in [4.78, 5) is 17.1. The van der Waals surface area contributed by atoms with E-state index in [-0.39, 0.29) is 10.6 Å². The molecule has 1 aliphatic rings. The predicted octanol–water partition coefficient (Wildman–Crippen LogP) is 2.29. The number of nitrogens with zero attached hydrogens (tertiary/aromatic N) is 3. The summed E-state index contributed by atoms with van der Waals surface area (Å²) in [5.74, 6) is 6.92. The zero-order valence-electron chi connectivity index (χ0n) is 11.7. The Morgan fingerprint density at radius 2 is 2.30 bits per heavy atom. The molecule has 3 N–H and O–H groups in total. The van der Waals surface area contributed by atoms with Crippen LogP contribution in [0.15, 0.2) is 12.1 Å². The molecule has 0 radical (unpaired) electrons. The Balaban J connectivity index is 2.27. The van der Waals surface area contributed by atoms with Crippen molar-refractivity contribution in [2.75, 3.05) is 23.4 Å². The molecule has 1 unspecified atom stereocenters. The lowest BCUT2D eigenvalue weighted by molar-refractivity contribution is -0.384. The molecule has 7 nitrogen and oxygen atoms in total. The van der Waals surface area contributed by atoms with Gasteiger partial charge in [0, 0.05) is 19.2 Å². The highest BCUT2D eigenvalue weighted by Crippen LogP contribution is 2.30. The van der Waals surface area contributed by atoms with Gasteiger partial charge in [0.1, 0.15) is 5.82 Å². The third-order valence-electron chi connectivity index (χ3n) is 3.92. The molecule has 1 saturated heterocycles. The van der Waals surface area contributed by atoms with E-state index in [1.807, 2.05) is 4.90 Å². The van der Waals surface area contributed by atoms with Crippen LogP contribution in [-0.4, -0.2) is 23.0 Å². The Morgan fingerprint density at radius 3 is 2.95 bits per heavy atom. The highest BCUT2D eigenvalue weighted by Gasteiger charge is 2.24. The van der Waals surface area contributed by atoms with Gasteiger partial charge in [0.15, 0.2) is 0 Å². The van der Waals surface area contributed by atoms with E-state index >= 15 is 0 Å². The first-order chi connectivity index (χ1) is 9.65. The maximum absolute atomic E-state index is 11.2. The highest BCUT2D eigenvalue weighted by atomic mass is 16.6. The second-order valence-electron chi connectivity index (χ2n) is 5.13. The number of hydrogen-bond acceptors (Lipinski definition) is 6. The molecule has 1 fully saturated rings. The highest BCUT2D eigenvalue weighted by molar-refractivity contribution is 5.61. The molecule has 110 valence electrons. The van der Waals surface area contributed by atoms with Gasteiger partial charge in [-0.25, -0.2) is 10.8 Å². The fourth-order valence-electron chi connectivity index (χ4n) is 2.68. The van der Waals surface area contributed by atoms with Crippen molar-refractivity contribution in [2.24, 2.45) is 11.8 Å². The average molecular weight is 279 g/mol. The molecular weight excluding hydrogens is 258 g/mol. The molecular formula is C13H21N5O2. The lowest BCUT2D eigenvalue weighted by atomic mass is 9.98. The van der Waals surface area contributed by atoms with Crippen LogP contribution in [0, 0.1) is 16.0 Å². The van der Waals surface area contributed by atoms with Crippen molar-refractivity contribution in [3.63, 3.8) is 0 Å². The maximum atomic E-state index is 11.2. The number of hydrogen-bond donors (Lipinski definition) is 2. The number of nitrogen functional groups attached to an aromatic ring is 1. The van der Waals surface area contributed by atoms with Crippen molar-refractivity contribution in [3.05, 3.63) is 22.2 Å². The number of rotatable bonds is 4. The van der Waals surface area contributed by atoms with E-state index in [9.17, 15) is 10.1 Å². The van der Waals surface area contributed by atoms with Crippen LogP contribution in [0.4, 0.5) is 17.3 Å². The van der Waals surface area contributed by atoms with E-state index in [2.05, 4.69) is 17.3 Å². The summed E-state index contributed by atoms with van der Waals surface area (Å²) in [7, 11) is 0. The van der Waals surface area contributed by atoms with Gasteiger partial charge in [-0.15, -0.1) is 0 Å². The van der Waals surface area contributed by atoms with Gasteiger partial charge in [-0.2, -0.15) is 0 Å². The van der Waals surface area contributed by atoms with Gasteiger partial charge >= 0.3 is 5.69 Å². The topological polar surface area (TPSA) is 97.3 Å². The standard InChI is InChI=1S/C13H21N5O2/c1-2-10-4-3-8-17(9-7-10)13-11(18(19)20)5-6-12(15-13)16-14/h5-6,10H,2-4,7-9,14H2,1H3,(H,15,16). The SMILES string of the molecule is CCC1CCCN(c2nc(NN)ccc2[N+](=O)[O-])CC1. The Hall–Kier alpha value is -1.89. The second-order valence-corrected chi connectivity index (χ2v) is 5.13. The van der Waals surface area contributed by atoms with Crippen LogP contribution in [0.3, 0.4) is 0 Å². The smallest absolute Gasteiger partial charge is 0.311 e. The molecule has 2 rings (SSSR count). The number of pyridine rings is 1. The minimum atomic E-state index is -0.384. The molecule has 0 bridgehead atoms. The van der Waals surface area contributed by atoms with Gasteiger partial charge < -0.3 is 10.3 Å². The Labute approximate surface area is 118 Å². The van der Waals surface area contributed by atoms with Crippen LogP contribution in [-0.2, 0) is 0 Å². The summed E-state index contributed by atoms with van der Waals surface area (Å²) < 4.78 is 0. The van der Waals surface area contributed by atoms with Gasteiger partial charge in [-0.3, -0.25) is 10.1 Å². The molecule has 1 atom stereocenters. The van der Waals surface area contributed by atoms with Crippen molar-refractivity contribution in [2.45, 2.75) is 32.6 Å². The van der Waals surface area contributed by atoms with Gasteiger partial charge in [0.05, 0.1) is 4.92 Å². The predicted molar refractivity (Wildman–Crippen MR) is 78.5 cm³/mol. The fourth-order valence-corrected chi connectivity index (χ4v) is 2.68. The largest absolute Gasteiger partial charge is 0.351 e. The quantitative estimate of drug-likeness (QED) is 0.498. The van der Waals surface area contributed by atoms with Crippen molar-refractivity contribution < 1.29 is 4.92 Å². The molecule has 1 aromatic rings. The first kappa shape index (κ1) is 14.5. The zero-order valence-corrected chi connectivity index (χ0v) is 11.7. The van der Waals surface area contributed by atoms with Crippen LogP contribution >= 0.6 is 0 Å².